The fraction of sp³-hybridized carbons (Fsp3) is 0.143. The molecule has 0 atom stereocenters. The van der Waals surface area contributed by atoms with Crippen molar-refractivity contribution in [2.24, 2.45) is 0 Å². The van der Waals surface area contributed by atoms with Crippen molar-refractivity contribution in [1.82, 2.24) is 0 Å². The molecule has 0 aliphatic carbocycles. The summed E-state index contributed by atoms with van der Waals surface area (Å²) in [4.78, 5) is -0.163. The normalized spacial score (nSPS) is 13.8. The quantitative estimate of drug-likeness (QED) is 0.525. The van der Waals surface area contributed by atoms with E-state index in [0.29, 0.717) is 0 Å². The van der Waals surface area contributed by atoms with Gasteiger partial charge < -0.3 is 9.31 Å². The third-order valence-electron chi connectivity index (χ3n) is 1.61. The van der Waals surface area contributed by atoms with E-state index in [1.165, 1.54) is 0 Å². The highest BCUT2D eigenvalue weighted by atomic mass is 127. The van der Waals surface area contributed by atoms with Crippen LogP contribution >= 0.6 is 22.4 Å². The molecule has 1 aliphatic heterocycles. The molecule has 0 spiro atoms. The van der Waals surface area contributed by atoms with E-state index < -0.39 is 0 Å². The van der Waals surface area contributed by atoms with Gasteiger partial charge >= 0.3 is 4.97 Å². The van der Waals surface area contributed by atoms with Gasteiger partial charge in [-0.3, -0.25) is 0 Å². The average Bonchev–Trinajstić information content (AvgIpc) is 2.31. The van der Waals surface area contributed by atoms with E-state index in [1.807, 2.05) is 25.1 Å². The molecule has 0 fully saturated rings. The van der Waals surface area contributed by atoms with Crippen LogP contribution in [0.2, 0.25) is 0 Å². The molecule has 0 radical (unpaired) electrons. The zero-order valence-corrected chi connectivity index (χ0v) is 8.16. The summed E-state index contributed by atoms with van der Waals surface area (Å²) < 4.78 is 10.8. The van der Waals surface area contributed by atoms with E-state index >= 15 is 0 Å². The predicted molar refractivity (Wildman–Crippen MR) is 52.2 cm³/mol. The molecule has 0 unspecified atom stereocenters. The van der Waals surface area contributed by atoms with Crippen molar-refractivity contribution < 1.29 is 9.31 Å². The van der Waals surface area contributed by atoms with Crippen molar-refractivity contribution in [3.05, 3.63) is 23.8 Å². The minimum Gasteiger partial charge on any atom is -0.515 e. The molecule has 0 amide bonds. The number of aryl methyl sites for hydroxylation is 1. The number of para-hydroxylation sites is 1. The highest BCUT2D eigenvalue weighted by molar-refractivity contribution is 14.1. The van der Waals surface area contributed by atoms with E-state index in [0.717, 1.165) is 17.1 Å². The fourth-order valence-electron chi connectivity index (χ4n) is 1.09. The van der Waals surface area contributed by atoms with Crippen molar-refractivity contribution in [3.63, 3.8) is 0 Å². The predicted octanol–water partition coefficient (Wildman–Crippen LogP) is 2.19. The lowest BCUT2D eigenvalue weighted by Gasteiger charge is -1.99. The topological polar surface area (TPSA) is 18.5 Å². The van der Waals surface area contributed by atoms with E-state index in [1.54, 1.807) is 0 Å². The van der Waals surface area contributed by atoms with Gasteiger partial charge in [0.05, 0.1) is 0 Å². The third kappa shape index (κ3) is 1.19. The minimum absolute atomic E-state index is 0.163. The summed E-state index contributed by atoms with van der Waals surface area (Å²) in [6.07, 6.45) is 0. The molecule has 1 heterocycles. The van der Waals surface area contributed by atoms with Crippen molar-refractivity contribution >= 4 is 27.3 Å². The molecular weight excluding hydrogens is 254 g/mol. The second-order valence-corrected chi connectivity index (χ2v) is 3.43. The van der Waals surface area contributed by atoms with E-state index in [9.17, 15) is 0 Å². The van der Waals surface area contributed by atoms with Crippen LogP contribution in [0.1, 0.15) is 5.56 Å². The molecule has 1 aromatic carbocycles. The second kappa shape index (κ2) is 2.58. The molecule has 0 aromatic heterocycles. The van der Waals surface area contributed by atoms with Crippen LogP contribution in [0.3, 0.4) is 0 Å². The van der Waals surface area contributed by atoms with Crippen LogP contribution in [-0.2, 0) is 0 Å². The molecule has 11 heavy (non-hydrogen) atoms. The molecule has 0 saturated heterocycles. The number of fused-ring (bicyclic) bond motifs is 1. The Balaban J connectivity index is 2.49. The summed E-state index contributed by atoms with van der Waals surface area (Å²) in [5.41, 5.74) is 1.13. The maximum Gasteiger partial charge on any atom is 0.669 e. The van der Waals surface area contributed by atoms with Crippen molar-refractivity contribution in [2.75, 3.05) is 0 Å². The highest BCUT2D eigenvalue weighted by Crippen LogP contribution is 2.37. The molecule has 0 N–H and O–H groups in total. The van der Waals surface area contributed by atoms with Gasteiger partial charge in [-0.2, -0.15) is 0 Å². The van der Waals surface area contributed by atoms with E-state index in [4.69, 9.17) is 9.31 Å². The number of halogens is 1. The Morgan fingerprint density at radius 1 is 1.36 bits per heavy atom. The SMILES string of the molecule is Cc1cccc2c1OB(I)O2. The Labute approximate surface area is 78.9 Å². The number of hydrogen-bond acceptors (Lipinski definition) is 2. The Bertz CT molecular complexity index is 290. The molecule has 4 heteroatoms. The van der Waals surface area contributed by atoms with Crippen LogP contribution in [0.15, 0.2) is 18.2 Å². The zero-order chi connectivity index (χ0) is 7.84. The van der Waals surface area contributed by atoms with E-state index in [-0.39, 0.29) is 4.97 Å². The van der Waals surface area contributed by atoms with Gasteiger partial charge in [0.25, 0.3) is 0 Å². The lowest BCUT2D eigenvalue weighted by Crippen LogP contribution is -2.14. The lowest BCUT2D eigenvalue weighted by molar-refractivity contribution is 0.535. The van der Waals surface area contributed by atoms with Crippen LogP contribution in [0.5, 0.6) is 11.5 Å². The van der Waals surface area contributed by atoms with Gasteiger partial charge in [0.1, 0.15) is 11.5 Å². The van der Waals surface area contributed by atoms with Crippen LogP contribution < -0.4 is 9.31 Å². The zero-order valence-electron chi connectivity index (χ0n) is 6.00. The largest absolute Gasteiger partial charge is 0.669 e. The first-order valence-corrected chi connectivity index (χ1v) is 4.59. The summed E-state index contributed by atoms with van der Waals surface area (Å²) in [5.74, 6) is 1.73. The Hall–Kier alpha value is -0.385. The number of hydrogen-bond donors (Lipinski definition) is 0. The van der Waals surface area contributed by atoms with Crippen LogP contribution in [0.25, 0.3) is 0 Å². The Morgan fingerprint density at radius 2 is 2.18 bits per heavy atom. The first-order valence-electron chi connectivity index (χ1n) is 3.34. The minimum atomic E-state index is -0.163. The van der Waals surface area contributed by atoms with E-state index in [2.05, 4.69) is 22.4 Å². The van der Waals surface area contributed by atoms with Crippen LogP contribution in [0, 0.1) is 6.92 Å². The molecule has 1 aliphatic rings. The van der Waals surface area contributed by atoms with Gasteiger partial charge in [-0.25, -0.2) is 0 Å². The Kier molecular flexibility index (Phi) is 1.71. The van der Waals surface area contributed by atoms with Gasteiger partial charge in [0.2, 0.25) is 0 Å². The van der Waals surface area contributed by atoms with Crippen molar-refractivity contribution in [1.29, 1.82) is 0 Å². The standard InChI is InChI=1S/C7H6BIO2/c1-5-3-2-4-6-7(5)11-8(9)10-6/h2-4H,1H3. The first kappa shape index (κ1) is 7.27. The van der Waals surface area contributed by atoms with Gasteiger partial charge in [0, 0.05) is 0 Å². The maximum atomic E-state index is 5.40. The smallest absolute Gasteiger partial charge is 0.515 e. The van der Waals surface area contributed by atoms with Crippen molar-refractivity contribution in [3.8, 4) is 11.5 Å². The van der Waals surface area contributed by atoms with Gasteiger partial charge in [-0.05, 0) is 40.9 Å². The third-order valence-corrected chi connectivity index (χ3v) is 2.11. The monoisotopic (exact) mass is 260 g/mol. The average molecular weight is 260 g/mol. The molecule has 2 nitrogen and oxygen atoms in total. The summed E-state index contributed by atoms with van der Waals surface area (Å²) in [6, 6.07) is 5.89. The second-order valence-electron chi connectivity index (χ2n) is 2.41. The molecule has 0 bridgehead atoms. The molecule has 0 saturated carbocycles. The van der Waals surface area contributed by atoms with Crippen LogP contribution in [0.4, 0.5) is 0 Å². The van der Waals surface area contributed by atoms with Gasteiger partial charge in [-0.15, -0.1) is 0 Å². The Morgan fingerprint density at radius 3 is 2.91 bits per heavy atom. The summed E-state index contributed by atoms with van der Waals surface area (Å²) in [5, 5.41) is 0. The number of rotatable bonds is 0. The van der Waals surface area contributed by atoms with Crippen molar-refractivity contribution in [2.45, 2.75) is 6.92 Å². The molecular formula is C7H6BIO2. The molecule has 1 aromatic rings. The summed E-state index contributed by atoms with van der Waals surface area (Å²) >= 11 is 2.10. The highest BCUT2D eigenvalue weighted by Gasteiger charge is 2.29. The lowest BCUT2D eigenvalue weighted by atomic mass is 10.2. The fourth-order valence-corrected chi connectivity index (χ4v) is 1.61. The summed E-state index contributed by atoms with van der Waals surface area (Å²) in [7, 11) is 0. The molecule has 2 rings (SSSR count). The molecule has 56 valence electrons. The van der Waals surface area contributed by atoms with Crippen LogP contribution in [-0.4, -0.2) is 4.97 Å². The van der Waals surface area contributed by atoms with Gasteiger partial charge in [0.15, 0.2) is 0 Å². The van der Waals surface area contributed by atoms with Gasteiger partial charge in [-0.1, -0.05) is 12.1 Å². The first-order chi connectivity index (χ1) is 5.27. The number of benzene rings is 1. The summed E-state index contributed by atoms with van der Waals surface area (Å²) in [6.45, 7) is 2.01. The maximum absolute atomic E-state index is 5.40.